The Morgan fingerprint density at radius 2 is 1.45 bits per heavy atom. The molecule has 0 unspecified atom stereocenters. The van der Waals surface area contributed by atoms with Crippen molar-refractivity contribution in [2.45, 2.75) is 12.1 Å². The van der Waals surface area contributed by atoms with Gasteiger partial charge in [0.05, 0.1) is 13.7 Å². The normalized spacial score (nSPS) is 16.6. The van der Waals surface area contributed by atoms with Crippen molar-refractivity contribution in [1.82, 2.24) is 20.0 Å². The molecule has 3 aromatic rings. The van der Waals surface area contributed by atoms with E-state index in [1.54, 1.807) is 29.2 Å². The molecule has 3 aromatic carbocycles. The lowest BCUT2D eigenvalue weighted by atomic mass is 9.82. The molecule has 5 rings (SSSR count). The van der Waals surface area contributed by atoms with E-state index in [0.29, 0.717) is 48.4 Å². The molecule has 9 nitrogen and oxygen atoms in total. The zero-order chi connectivity index (χ0) is 28.4. The fourth-order valence-electron chi connectivity index (χ4n) is 5.10. The summed E-state index contributed by atoms with van der Waals surface area (Å²) in [5, 5.41) is 11.6. The molecule has 206 valence electrons. The molecule has 0 spiro atoms. The van der Waals surface area contributed by atoms with Crippen LogP contribution in [-0.2, 0) is 21.6 Å². The number of guanidine groups is 1. The molecule has 2 aliphatic heterocycles. The molecule has 0 aromatic heterocycles. The molecule has 3 amide bonds. The number of hydrogen-bond donors (Lipinski definition) is 2. The highest BCUT2D eigenvalue weighted by molar-refractivity contribution is 6.10. The van der Waals surface area contributed by atoms with E-state index in [0.717, 1.165) is 0 Å². The molecule has 2 aliphatic rings. The lowest BCUT2D eigenvalue weighted by Crippen LogP contribution is -2.50. The lowest BCUT2D eigenvalue weighted by Gasteiger charge is -2.34. The van der Waals surface area contributed by atoms with E-state index in [1.165, 1.54) is 65.4 Å². The molecule has 40 heavy (non-hydrogen) atoms. The number of benzene rings is 3. The van der Waals surface area contributed by atoms with E-state index >= 15 is 0 Å². The lowest BCUT2D eigenvalue weighted by molar-refractivity contribution is -0.130. The van der Waals surface area contributed by atoms with E-state index in [9.17, 15) is 23.2 Å². The van der Waals surface area contributed by atoms with Crippen molar-refractivity contribution < 1.29 is 27.9 Å². The molecule has 2 heterocycles. The topological polar surface area (TPSA) is 106 Å². The van der Waals surface area contributed by atoms with Crippen LogP contribution in [0.3, 0.4) is 0 Å². The second-order valence-corrected chi connectivity index (χ2v) is 9.58. The minimum absolute atomic E-state index is 0.00789. The van der Waals surface area contributed by atoms with Gasteiger partial charge in [0, 0.05) is 31.7 Å². The van der Waals surface area contributed by atoms with Crippen molar-refractivity contribution in [3.05, 3.63) is 107 Å². The summed E-state index contributed by atoms with van der Waals surface area (Å²) < 4.78 is 32.2. The van der Waals surface area contributed by atoms with Gasteiger partial charge in [-0.3, -0.25) is 19.9 Å². The maximum absolute atomic E-state index is 14.0. The fourth-order valence-corrected chi connectivity index (χ4v) is 5.10. The highest BCUT2D eigenvalue weighted by Gasteiger charge is 2.52. The van der Waals surface area contributed by atoms with Crippen LogP contribution in [0.25, 0.3) is 0 Å². The van der Waals surface area contributed by atoms with E-state index < -0.39 is 29.2 Å². The number of amides is 3. The van der Waals surface area contributed by atoms with Crippen LogP contribution in [0.4, 0.5) is 13.6 Å². The Kier molecular flexibility index (Phi) is 7.20. The number of rotatable bonds is 5. The summed E-state index contributed by atoms with van der Waals surface area (Å²) in [5.41, 5.74) is 0.262. The number of carbonyl (C=O) groups is 3. The first kappa shape index (κ1) is 26.8. The predicted molar refractivity (Wildman–Crippen MR) is 141 cm³/mol. The zero-order valence-electron chi connectivity index (χ0n) is 21.7. The van der Waals surface area contributed by atoms with Crippen LogP contribution in [0, 0.1) is 17.0 Å². The molecule has 0 saturated carbocycles. The first-order valence-corrected chi connectivity index (χ1v) is 12.6. The van der Waals surface area contributed by atoms with Crippen LogP contribution in [0.5, 0.6) is 0 Å². The number of carbonyl (C=O) groups excluding carboxylic acids is 3. The Hall–Kier alpha value is -4.80. The fraction of sp³-hybridized carbons (Fsp3) is 0.241. The van der Waals surface area contributed by atoms with Gasteiger partial charge in [0.1, 0.15) is 11.6 Å². The quantitative estimate of drug-likeness (QED) is 0.510. The Morgan fingerprint density at radius 1 is 0.900 bits per heavy atom. The number of ether oxygens (including phenoxy) is 1. The van der Waals surface area contributed by atoms with Crippen LogP contribution >= 0.6 is 0 Å². The van der Waals surface area contributed by atoms with Crippen molar-refractivity contribution in [2.75, 3.05) is 33.3 Å². The van der Waals surface area contributed by atoms with Crippen molar-refractivity contribution in [1.29, 1.82) is 5.41 Å². The monoisotopic (exact) mass is 547 g/mol. The molecule has 11 heteroatoms. The van der Waals surface area contributed by atoms with Crippen molar-refractivity contribution in [2.24, 2.45) is 0 Å². The summed E-state index contributed by atoms with van der Waals surface area (Å²) in [6.45, 7) is 1.42. The van der Waals surface area contributed by atoms with Crippen molar-refractivity contribution >= 4 is 23.9 Å². The minimum Gasteiger partial charge on any atom is -0.453 e. The minimum atomic E-state index is -1.56. The Balaban J connectivity index is 1.39. The third-order valence-corrected chi connectivity index (χ3v) is 7.21. The van der Waals surface area contributed by atoms with Crippen LogP contribution in [0.15, 0.2) is 72.8 Å². The van der Waals surface area contributed by atoms with E-state index in [4.69, 9.17) is 10.1 Å². The molecule has 2 N–H and O–H groups in total. The first-order chi connectivity index (χ1) is 19.2. The largest absolute Gasteiger partial charge is 0.453 e. The molecule has 0 radical (unpaired) electrons. The standard InChI is InChI=1S/C29H27F2N5O4/c1-40-28(39)35-15-13-34(14-16-35)25(37)20-4-2-3-19(17-20)18-36-26(38)29(33-27(36)32,21-5-9-23(30)10-6-21)22-7-11-24(31)12-8-22/h2-12,17H,13-16,18H2,1H3,(H2,32,33). The van der Waals surface area contributed by atoms with Gasteiger partial charge < -0.3 is 19.9 Å². The molecule has 0 atom stereocenters. The number of nitrogens with zero attached hydrogens (tertiary/aromatic N) is 3. The third-order valence-electron chi connectivity index (χ3n) is 7.21. The van der Waals surface area contributed by atoms with Gasteiger partial charge in [-0.2, -0.15) is 0 Å². The highest BCUT2D eigenvalue weighted by atomic mass is 19.1. The SMILES string of the molecule is COC(=O)N1CCN(C(=O)c2cccc(CN3C(=N)NC(c4ccc(F)cc4)(c4ccc(F)cc4)C3=O)c2)CC1. The number of piperazine rings is 1. The molecule has 0 bridgehead atoms. The second kappa shape index (κ2) is 10.8. The molecular formula is C29H27F2N5O4. The molecule has 2 fully saturated rings. The van der Waals surface area contributed by atoms with Crippen molar-refractivity contribution in [3.63, 3.8) is 0 Å². The van der Waals surface area contributed by atoms with Gasteiger partial charge in [0.15, 0.2) is 11.5 Å². The summed E-state index contributed by atoms with van der Waals surface area (Å²) in [6.07, 6.45) is -0.433. The zero-order valence-corrected chi connectivity index (χ0v) is 21.7. The Labute approximate surface area is 229 Å². The average Bonchev–Trinajstić information content (AvgIpc) is 3.23. The van der Waals surface area contributed by atoms with Crippen LogP contribution < -0.4 is 5.32 Å². The number of nitrogens with one attached hydrogen (secondary N) is 2. The van der Waals surface area contributed by atoms with Gasteiger partial charge in [0.25, 0.3) is 11.8 Å². The highest BCUT2D eigenvalue weighted by Crippen LogP contribution is 2.36. The van der Waals surface area contributed by atoms with E-state index in [1.807, 2.05) is 0 Å². The summed E-state index contributed by atoms with van der Waals surface area (Å²) in [7, 11) is 1.31. The van der Waals surface area contributed by atoms with Gasteiger partial charge in [-0.05, 0) is 53.1 Å². The Bertz CT molecular complexity index is 1410. The predicted octanol–water partition coefficient (Wildman–Crippen LogP) is 3.30. The van der Waals surface area contributed by atoms with Crippen LogP contribution in [-0.4, -0.2) is 71.9 Å². The average molecular weight is 548 g/mol. The van der Waals surface area contributed by atoms with E-state index in [-0.39, 0.29) is 18.4 Å². The van der Waals surface area contributed by atoms with Crippen LogP contribution in [0.2, 0.25) is 0 Å². The van der Waals surface area contributed by atoms with Gasteiger partial charge in [-0.1, -0.05) is 36.4 Å². The molecule has 0 aliphatic carbocycles. The van der Waals surface area contributed by atoms with Gasteiger partial charge >= 0.3 is 6.09 Å². The summed E-state index contributed by atoms with van der Waals surface area (Å²) in [4.78, 5) is 43.4. The summed E-state index contributed by atoms with van der Waals surface area (Å²) in [5.74, 6) is -1.85. The van der Waals surface area contributed by atoms with Crippen molar-refractivity contribution in [3.8, 4) is 0 Å². The van der Waals surface area contributed by atoms with Gasteiger partial charge in [-0.25, -0.2) is 13.6 Å². The number of methoxy groups -OCH3 is 1. The third kappa shape index (κ3) is 4.86. The second-order valence-electron chi connectivity index (χ2n) is 9.58. The number of halogens is 2. The maximum Gasteiger partial charge on any atom is 0.409 e. The molecular weight excluding hydrogens is 520 g/mol. The molecule has 2 saturated heterocycles. The summed E-state index contributed by atoms with van der Waals surface area (Å²) in [6, 6.07) is 17.5. The van der Waals surface area contributed by atoms with Gasteiger partial charge in [0.2, 0.25) is 0 Å². The maximum atomic E-state index is 14.0. The first-order valence-electron chi connectivity index (χ1n) is 12.6. The Morgan fingerprint density at radius 3 is 2.00 bits per heavy atom. The number of hydrogen-bond acceptors (Lipinski definition) is 5. The summed E-state index contributed by atoms with van der Waals surface area (Å²) >= 11 is 0. The van der Waals surface area contributed by atoms with E-state index in [2.05, 4.69) is 5.32 Å². The van der Waals surface area contributed by atoms with Crippen LogP contribution in [0.1, 0.15) is 27.0 Å². The van der Waals surface area contributed by atoms with Gasteiger partial charge in [-0.15, -0.1) is 0 Å². The smallest absolute Gasteiger partial charge is 0.409 e.